The highest BCUT2D eigenvalue weighted by Gasteiger charge is 2.33. The van der Waals surface area contributed by atoms with Gasteiger partial charge < -0.3 is 10.0 Å². The van der Waals surface area contributed by atoms with Crippen molar-refractivity contribution in [3.63, 3.8) is 0 Å². The van der Waals surface area contributed by atoms with E-state index in [4.69, 9.17) is 0 Å². The van der Waals surface area contributed by atoms with Crippen LogP contribution in [0.3, 0.4) is 0 Å². The fraction of sp³-hybridized carbons (Fsp3) is 0.500. The number of hydrogen-bond acceptors (Lipinski definition) is 5. The molecule has 0 radical (unpaired) electrons. The molecule has 1 saturated heterocycles. The minimum absolute atomic E-state index is 0.143. The molecule has 1 aliphatic heterocycles. The van der Waals surface area contributed by atoms with Crippen LogP contribution in [0.4, 0.5) is 0 Å². The number of benzene rings is 1. The summed E-state index contributed by atoms with van der Waals surface area (Å²) >= 11 is 0. The zero-order valence-corrected chi connectivity index (χ0v) is 17.2. The van der Waals surface area contributed by atoms with Gasteiger partial charge in [-0.3, -0.25) is 14.0 Å². The molecule has 1 N–H and O–H groups in total. The fourth-order valence-corrected chi connectivity index (χ4v) is 4.17. The number of aliphatic hydroxyl groups is 1. The average Bonchev–Trinajstić information content (AvgIpc) is 3.12. The van der Waals surface area contributed by atoms with Gasteiger partial charge >= 0.3 is 0 Å². The molecule has 0 aliphatic carbocycles. The Morgan fingerprint density at radius 1 is 1.21 bits per heavy atom. The standard InChI is InChI=1S/C22H29N5O2/c1-17(18-6-4-3-5-7-18)8-11-26-12-9-22(29,10-13-26)15-27-16-23-20-19(21(27)28)14-24-25(20)2/h3-7,14,16-17,29H,8-13,15H2,1-2H3. The van der Waals surface area contributed by atoms with E-state index >= 15 is 0 Å². The van der Waals surface area contributed by atoms with Gasteiger partial charge in [0.15, 0.2) is 5.65 Å². The molecule has 1 fully saturated rings. The number of nitrogens with zero attached hydrogens (tertiary/aromatic N) is 5. The highest BCUT2D eigenvalue weighted by molar-refractivity contribution is 5.72. The van der Waals surface area contributed by atoms with E-state index < -0.39 is 5.60 Å². The monoisotopic (exact) mass is 395 g/mol. The third kappa shape index (κ3) is 4.26. The summed E-state index contributed by atoms with van der Waals surface area (Å²) in [6.07, 6.45) is 5.48. The molecule has 7 nitrogen and oxygen atoms in total. The lowest BCUT2D eigenvalue weighted by Gasteiger charge is -2.38. The van der Waals surface area contributed by atoms with E-state index in [2.05, 4.69) is 52.2 Å². The number of aryl methyl sites for hydroxylation is 1. The van der Waals surface area contributed by atoms with Gasteiger partial charge in [0.1, 0.15) is 11.7 Å². The van der Waals surface area contributed by atoms with Crippen molar-refractivity contribution in [1.29, 1.82) is 0 Å². The molecular formula is C22H29N5O2. The molecule has 4 rings (SSSR count). The van der Waals surface area contributed by atoms with Crippen LogP contribution in [-0.2, 0) is 13.6 Å². The van der Waals surface area contributed by atoms with Crippen molar-refractivity contribution in [3.8, 4) is 0 Å². The van der Waals surface area contributed by atoms with Crippen LogP contribution in [0, 0.1) is 0 Å². The Balaban J connectivity index is 1.34. The largest absolute Gasteiger partial charge is 0.388 e. The normalized spacial score (nSPS) is 18.2. The molecule has 29 heavy (non-hydrogen) atoms. The topological polar surface area (TPSA) is 76.2 Å². The third-order valence-corrected chi connectivity index (χ3v) is 6.22. The lowest BCUT2D eigenvalue weighted by atomic mass is 9.90. The van der Waals surface area contributed by atoms with Crippen molar-refractivity contribution in [2.75, 3.05) is 19.6 Å². The first-order valence-electron chi connectivity index (χ1n) is 10.3. The van der Waals surface area contributed by atoms with E-state index in [1.165, 1.54) is 16.5 Å². The minimum atomic E-state index is -0.872. The summed E-state index contributed by atoms with van der Waals surface area (Å²) in [7, 11) is 1.76. The van der Waals surface area contributed by atoms with Gasteiger partial charge in [0.05, 0.1) is 18.3 Å². The maximum Gasteiger partial charge on any atom is 0.264 e. The highest BCUT2D eigenvalue weighted by atomic mass is 16.3. The van der Waals surface area contributed by atoms with Gasteiger partial charge in [0, 0.05) is 20.1 Å². The van der Waals surface area contributed by atoms with Crippen molar-refractivity contribution < 1.29 is 5.11 Å². The Morgan fingerprint density at radius 3 is 2.66 bits per heavy atom. The van der Waals surface area contributed by atoms with Crippen molar-refractivity contribution in [3.05, 3.63) is 58.8 Å². The number of hydrogen-bond donors (Lipinski definition) is 1. The molecule has 154 valence electrons. The molecule has 0 bridgehead atoms. The second-order valence-electron chi connectivity index (χ2n) is 8.35. The molecular weight excluding hydrogens is 366 g/mol. The maximum absolute atomic E-state index is 12.7. The van der Waals surface area contributed by atoms with Crippen LogP contribution in [0.25, 0.3) is 11.0 Å². The summed E-state index contributed by atoms with van der Waals surface area (Å²) in [4.78, 5) is 19.4. The smallest absolute Gasteiger partial charge is 0.264 e. The lowest BCUT2D eigenvalue weighted by molar-refractivity contribution is -0.0351. The van der Waals surface area contributed by atoms with Crippen LogP contribution in [0.2, 0.25) is 0 Å². The van der Waals surface area contributed by atoms with Crippen LogP contribution in [0.5, 0.6) is 0 Å². The molecule has 1 aliphatic rings. The minimum Gasteiger partial charge on any atom is -0.388 e. The number of fused-ring (bicyclic) bond motifs is 1. The molecule has 1 atom stereocenters. The molecule has 0 amide bonds. The van der Waals surface area contributed by atoms with Crippen LogP contribution in [0.15, 0.2) is 47.7 Å². The molecule has 3 aromatic rings. The van der Waals surface area contributed by atoms with Gasteiger partial charge in [0.2, 0.25) is 0 Å². The molecule has 3 heterocycles. The van der Waals surface area contributed by atoms with E-state index in [-0.39, 0.29) is 12.1 Å². The molecule has 7 heteroatoms. The predicted octanol–water partition coefficient (Wildman–Crippen LogP) is 2.15. The Kier molecular flexibility index (Phi) is 5.52. The zero-order chi connectivity index (χ0) is 20.4. The second kappa shape index (κ2) is 8.08. The van der Waals surface area contributed by atoms with E-state index in [1.807, 2.05) is 0 Å². The van der Waals surface area contributed by atoms with E-state index in [0.717, 1.165) is 26.1 Å². The third-order valence-electron chi connectivity index (χ3n) is 6.22. The Labute approximate surface area is 170 Å². The second-order valence-corrected chi connectivity index (χ2v) is 8.35. The van der Waals surface area contributed by atoms with Gasteiger partial charge in [-0.15, -0.1) is 0 Å². The van der Waals surface area contributed by atoms with Gasteiger partial charge in [-0.2, -0.15) is 5.10 Å². The summed E-state index contributed by atoms with van der Waals surface area (Å²) in [6.45, 7) is 5.25. The lowest BCUT2D eigenvalue weighted by Crippen LogP contribution is -2.48. The van der Waals surface area contributed by atoms with Crippen LogP contribution >= 0.6 is 0 Å². The van der Waals surface area contributed by atoms with Crippen LogP contribution < -0.4 is 5.56 Å². The first-order chi connectivity index (χ1) is 14.0. The van der Waals surface area contributed by atoms with Crippen molar-refractivity contribution in [2.24, 2.45) is 7.05 Å². The first-order valence-corrected chi connectivity index (χ1v) is 10.3. The number of piperidine rings is 1. The van der Waals surface area contributed by atoms with E-state index in [9.17, 15) is 9.90 Å². The molecule has 2 aromatic heterocycles. The van der Waals surface area contributed by atoms with Gasteiger partial charge in [-0.25, -0.2) is 4.98 Å². The summed E-state index contributed by atoms with van der Waals surface area (Å²) in [6, 6.07) is 10.6. The average molecular weight is 396 g/mol. The summed E-state index contributed by atoms with van der Waals surface area (Å²) in [5, 5.41) is 15.7. The Hall–Kier alpha value is -2.51. The number of likely N-dealkylation sites (tertiary alicyclic amines) is 1. The van der Waals surface area contributed by atoms with Crippen molar-refractivity contribution in [1.82, 2.24) is 24.2 Å². The van der Waals surface area contributed by atoms with Crippen molar-refractivity contribution >= 4 is 11.0 Å². The zero-order valence-electron chi connectivity index (χ0n) is 17.2. The van der Waals surface area contributed by atoms with Crippen molar-refractivity contribution in [2.45, 2.75) is 44.2 Å². The van der Waals surface area contributed by atoms with Crippen LogP contribution in [0.1, 0.15) is 37.7 Å². The molecule has 1 aromatic carbocycles. The molecule has 1 unspecified atom stereocenters. The Bertz CT molecular complexity index is 1020. The van der Waals surface area contributed by atoms with Gasteiger partial charge in [0.25, 0.3) is 5.56 Å². The molecule has 0 saturated carbocycles. The first kappa shape index (κ1) is 19.8. The van der Waals surface area contributed by atoms with Gasteiger partial charge in [-0.1, -0.05) is 37.3 Å². The quantitative estimate of drug-likeness (QED) is 0.692. The fourth-order valence-electron chi connectivity index (χ4n) is 4.17. The SMILES string of the molecule is CC(CCN1CCC(O)(Cn2cnc3c(cnn3C)c2=O)CC1)c1ccccc1. The molecule has 0 spiro atoms. The number of aromatic nitrogens is 4. The van der Waals surface area contributed by atoms with E-state index in [0.29, 0.717) is 29.8 Å². The predicted molar refractivity (Wildman–Crippen MR) is 113 cm³/mol. The van der Waals surface area contributed by atoms with Crippen LogP contribution in [-0.4, -0.2) is 54.6 Å². The van der Waals surface area contributed by atoms with Gasteiger partial charge in [-0.05, 0) is 37.3 Å². The van der Waals surface area contributed by atoms with E-state index in [1.54, 1.807) is 17.9 Å². The Morgan fingerprint density at radius 2 is 1.93 bits per heavy atom. The highest BCUT2D eigenvalue weighted by Crippen LogP contribution is 2.25. The summed E-state index contributed by atoms with van der Waals surface area (Å²) in [5.74, 6) is 0.521. The summed E-state index contributed by atoms with van der Waals surface area (Å²) in [5.41, 5.74) is 0.929. The number of rotatable bonds is 6. The maximum atomic E-state index is 12.7. The summed E-state index contributed by atoms with van der Waals surface area (Å²) < 4.78 is 3.11.